The Kier molecular flexibility index (Phi) is 4.61. The summed E-state index contributed by atoms with van der Waals surface area (Å²) in [4.78, 5) is 20.6. The highest BCUT2D eigenvalue weighted by Gasteiger charge is 2.22. The zero-order valence-electron chi connectivity index (χ0n) is 14.6. The van der Waals surface area contributed by atoms with Gasteiger partial charge in [0.1, 0.15) is 5.76 Å². The maximum Gasteiger partial charge on any atom is 0.234 e. The maximum atomic E-state index is 13.0. The third kappa shape index (κ3) is 3.30. The Morgan fingerprint density at radius 1 is 1.15 bits per heavy atom. The summed E-state index contributed by atoms with van der Waals surface area (Å²) in [6.07, 6.45) is 2.00. The van der Waals surface area contributed by atoms with Crippen molar-refractivity contribution in [2.75, 3.05) is 4.90 Å². The third-order valence-corrected chi connectivity index (χ3v) is 6.35. The first kappa shape index (κ1) is 17.0. The number of thiophene rings is 1. The molecule has 1 amide bonds. The lowest BCUT2D eigenvalue weighted by molar-refractivity contribution is -0.118. The van der Waals surface area contributed by atoms with Crippen molar-refractivity contribution >= 4 is 43.9 Å². The molecule has 6 heteroatoms. The second-order valence-electron chi connectivity index (χ2n) is 6.19. The van der Waals surface area contributed by atoms with Crippen LogP contribution in [0, 0.1) is 13.8 Å². The van der Waals surface area contributed by atoms with Gasteiger partial charge in [-0.1, -0.05) is 29.5 Å². The van der Waals surface area contributed by atoms with Crippen LogP contribution in [-0.4, -0.2) is 10.9 Å². The van der Waals surface area contributed by atoms with Crippen LogP contribution in [0.25, 0.3) is 10.2 Å². The fourth-order valence-electron chi connectivity index (χ4n) is 2.84. The van der Waals surface area contributed by atoms with E-state index in [1.54, 1.807) is 33.8 Å². The molecule has 0 fully saturated rings. The Bertz CT molecular complexity index is 995. The van der Waals surface area contributed by atoms with Crippen molar-refractivity contribution in [2.24, 2.45) is 0 Å². The predicted octanol–water partition coefficient (Wildman–Crippen LogP) is 5.34. The monoisotopic (exact) mass is 382 g/mol. The summed E-state index contributed by atoms with van der Waals surface area (Å²) in [5.74, 6) is 0.774. The van der Waals surface area contributed by atoms with Crippen molar-refractivity contribution in [3.05, 3.63) is 69.8 Å². The second kappa shape index (κ2) is 7.05. The molecule has 0 aliphatic rings. The molecule has 4 nitrogen and oxygen atoms in total. The highest BCUT2D eigenvalue weighted by atomic mass is 32.1. The van der Waals surface area contributed by atoms with Crippen LogP contribution in [0.5, 0.6) is 0 Å². The number of furan rings is 1. The minimum Gasteiger partial charge on any atom is -0.467 e. The lowest BCUT2D eigenvalue weighted by atomic mass is 10.1. The highest BCUT2D eigenvalue weighted by molar-refractivity contribution is 7.22. The van der Waals surface area contributed by atoms with Gasteiger partial charge in [-0.25, -0.2) is 4.98 Å². The van der Waals surface area contributed by atoms with E-state index >= 15 is 0 Å². The van der Waals surface area contributed by atoms with Gasteiger partial charge in [0.05, 0.1) is 29.4 Å². The fraction of sp³-hybridized carbons (Fsp3) is 0.200. The minimum atomic E-state index is 0.0261. The van der Waals surface area contributed by atoms with E-state index < -0.39 is 0 Å². The molecule has 1 aromatic carbocycles. The topological polar surface area (TPSA) is 46.3 Å². The van der Waals surface area contributed by atoms with Crippen molar-refractivity contribution in [1.82, 2.24) is 4.98 Å². The van der Waals surface area contributed by atoms with Crippen molar-refractivity contribution in [1.29, 1.82) is 0 Å². The van der Waals surface area contributed by atoms with Gasteiger partial charge in [0, 0.05) is 4.88 Å². The van der Waals surface area contributed by atoms with Gasteiger partial charge in [-0.15, -0.1) is 11.3 Å². The summed E-state index contributed by atoms with van der Waals surface area (Å²) in [6.45, 7) is 4.51. The van der Waals surface area contributed by atoms with Gasteiger partial charge in [0.2, 0.25) is 5.91 Å². The average Bonchev–Trinajstić information content (AvgIpc) is 3.37. The van der Waals surface area contributed by atoms with Gasteiger partial charge >= 0.3 is 0 Å². The van der Waals surface area contributed by atoms with Gasteiger partial charge < -0.3 is 4.42 Å². The Balaban J connectivity index is 1.73. The number of fused-ring (bicyclic) bond motifs is 1. The number of carbonyl (C=O) groups excluding carboxylic acids is 1. The first-order valence-electron chi connectivity index (χ1n) is 8.33. The first-order valence-corrected chi connectivity index (χ1v) is 10.0. The first-order chi connectivity index (χ1) is 12.6. The molecule has 132 valence electrons. The molecule has 3 heterocycles. The van der Waals surface area contributed by atoms with E-state index in [9.17, 15) is 4.79 Å². The number of anilines is 1. The van der Waals surface area contributed by atoms with Crippen LogP contribution in [0.4, 0.5) is 5.13 Å². The number of amides is 1. The van der Waals surface area contributed by atoms with Crippen LogP contribution in [0.2, 0.25) is 0 Å². The third-order valence-electron chi connectivity index (χ3n) is 4.26. The molecule has 4 aromatic rings. The zero-order chi connectivity index (χ0) is 18.1. The number of aryl methyl sites for hydroxylation is 2. The largest absolute Gasteiger partial charge is 0.467 e. The summed E-state index contributed by atoms with van der Waals surface area (Å²) in [5, 5.41) is 2.71. The molecule has 26 heavy (non-hydrogen) atoms. The lowest BCUT2D eigenvalue weighted by Crippen LogP contribution is -2.31. The predicted molar refractivity (Wildman–Crippen MR) is 107 cm³/mol. The van der Waals surface area contributed by atoms with Crippen molar-refractivity contribution in [3.63, 3.8) is 0 Å². The molecular weight excluding hydrogens is 364 g/mol. The Labute approximate surface area is 159 Å². The van der Waals surface area contributed by atoms with Gasteiger partial charge in [0.15, 0.2) is 5.13 Å². The molecule has 0 atom stereocenters. The van der Waals surface area contributed by atoms with Crippen molar-refractivity contribution < 1.29 is 9.21 Å². The number of carbonyl (C=O) groups is 1. The van der Waals surface area contributed by atoms with Gasteiger partial charge in [-0.3, -0.25) is 9.69 Å². The van der Waals surface area contributed by atoms with Crippen molar-refractivity contribution in [3.8, 4) is 0 Å². The average molecular weight is 383 g/mol. The normalized spacial score (nSPS) is 11.2. The van der Waals surface area contributed by atoms with Crippen LogP contribution >= 0.6 is 22.7 Å². The highest BCUT2D eigenvalue weighted by Crippen LogP contribution is 2.34. The molecule has 0 saturated carbocycles. The van der Waals surface area contributed by atoms with Gasteiger partial charge in [0.25, 0.3) is 0 Å². The smallest absolute Gasteiger partial charge is 0.234 e. The SMILES string of the molecule is Cc1ccc(C)c2sc(N(Cc3ccco3)C(=O)Cc3cccs3)nc12. The Morgan fingerprint density at radius 2 is 2.00 bits per heavy atom. The van der Waals surface area contributed by atoms with E-state index in [0.717, 1.165) is 31.5 Å². The Hall–Kier alpha value is -2.44. The molecule has 0 spiro atoms. The number of nitrogens with zero attached hydrogens (tertiary/aromatic N) is 2. The van der Waals surface area contributed by atoms with E-state index in [2.05, 4.69) is 26.0 Å². The quantitative estimate of drug-likeness (QED) is 0.468. The van der Waals surface area contributed by atoms with Crippen molar-refractivity contribution in [2.45, 2.75) is 26.8 Å². The number of thiazole rings is 1. The number of hydrogen-bond acceptors (Lipinski definition) is 5. The van der Waals surface area contributed by atoms with Crippen LogP contribution in [0.3, 0.4) is 0 Å². The molecule has 0 N–H and O–H groups in total. The number of benzene rings is 1. The van der Waals surface area contributed by atoms with Crippen LogP contribution < -0.4 is 4.90 Å². The maximum absolute atomic E-state index is 13.0. The molecule has 4 rings (SSSR count). The molecule has 0 unspecified atom stereocenters. The lowest BCUT2D eigenvalue weighted by Gasteiger charge is -2.18. The number of aromatic nitrogens is 1. The van der Waals surface area contributed by atoms with Crippen LogP contribution in [0.15, 0.2) is 52.5 Å². The van der Waals surface area contributed by atoms with Crippen LogP contribution in [0.1, 0.15) is 21.8 Å². The van der Waals surface area contributed by atoms with E-state index in [1.165, 1.54) is 5.56 Å². The number of hydrogen-bond donors (Lipinski definition) is 0. The molecule has 0 bridgehead atoms. The van der Waals surface area contributed by atoms with Gasteiger partial charge in [-0.05, 0) is 48.6 Å². The Morgan fingerprint density at radius 3 is 2.69 bits per heavy atom. The van der Waals surface area contributed by atoms with Gasteiger partial charge in [-0.2, -0.15) is 0 Å². The zero-order valence-corrected chi connectivity index (χ0v) is 16.2. The number of rotatable bonds is 5. The molecule has 3 aromatic heterocycles. The van der Waals surface area contributed by atoms with E-state index in [4.69, 9.17) is 9.40 Å². The standard InChI is InChI=1S/C20H18N2O2S2/c1-13-7-8-14(2)19-18(13)21-20(26-19)22(12-15-5-3-9-24-15)17(23)11-16-6-4-10-25-16/h3-10H,11-12H2,1-2H3. The molecule has 0 aliphatic heterocycles. The second-order valence-corrected chi connectivity index (χ2v) is 8.20. The summed E-state index contributed by atoms with van der Waals surface area (Å²) in [5.41, 5.74) is 3.27. The minimum absolute atomic E-state index is 0.0261. The van der Waals surface area contributed by atoms with E-state index in [1.807, 2.05) is 29.6 Å². The fourth-order valence-corrected chi connectivity index (χ4v) is 4.67. The van der Waals surface area contributed by atoms with E-state index in [0.29, 0.717) is 13.0 Å². The summed E-state index contributed by atoms with van der Waals surface area (Å²) in [7, 11) is 0. The summed E-state index contributed by atoms with van der Waals surface area (Å²) >= 11 is 3.16. The van der Waals surface area contributed by atoms with Crippen LogP contribution in [-0.2, 0) is 17.8 Å². The molecular formula is C20H18N2O2S2. The van der Waals surface area contributed by atoms with E-state index in [-0.39, 0.29) is 5.91 Å². The summed E-state index contributed by atoms with van der Waals surface area (Å²) in [6, 6.07) is 11.9. The molecule has 0 saturated heterocycles. The molecule has 0 aliphatic carbocycles. The molecule has 0 radical (unpaired) electrons. The summed E-state index contributed by atoms with van der Waals surface area (Å²) < 4.78 is 6.61.